The van der Waals surface area contributed by atoms with Gasteiger partial charge in [-0.2, -0.15) is 26.3 Å². The molecule has 8 heteroatoms. The summed E-state index contributed by atoms with van der Waals surface area (Å²) in [4.78, 5) is 0. The molecule has 0 radical (unpaired) electrons. The van der Waals surface area contributed by atoms with E-state index in [2.05, 4.69) is 27.7 Å². The van der Waals surface area contributed by atoms with Crippen LogP contribution in [0.5, 0.6) is 23.0 Å². The van der Waals surface area contributed by atoms with Crippen molar-refractivity contribution in [2.75, 3.05) is 0 Å². The summed E-state index contributed by atoms with van der Waals surface area (Å²) in [5.74, 6) is 0.0593. The average molecular weight is 679 g/mol. The Kier molecular flexibility index (Phi) is 8.11. The molecule has 258 valence electrons. The molecule has 2 fully saturated rings. The summed E-state index contributed by atoms with van der Waals surface area (Å²) in [6, 6.07) is 18.0. The maximum absolute atomic E-state index is 14.5. The molecule has 0 amide bonds. The fourth-order valence-electron chi connectivity index (χ4n) is 9.04. The van der Waals surface area contributed by atoms with Crippen LogP contribution in [0, 0.1) is 11.8 Å². The predicted molar refractivity (Wildman–Crippen MR) is 178 cm³/mol. The second-order valence-corrected chi connectivity index (χ2v) is 15.1. The fourth-order valence-corrected chi connectivity index (χ4v) is 9.04. The molecule has 0 spiro atoms. The number of hydrogen-bond acceptors (Lipinski definition) is 2. The van der Waals surface area contributed by atoms with Crippen LogP contribution in [0.4, 0.5) is 26.3 Å². The van der Waals surface area contributed by atoms with E-state index in [-0.39, 0.29) is 16.9 Å². The van der Waals surface area contributed by atoms with Gasteiger partial charge in [0.1, 0.15) is 11.5 Å². The van der Waals surface area contributed by atoms with Crippen LogP contribution in [0.25, 0.3) is 11.1 Å². The molecule has 4 atom stereocenters. The van der Waals surface area contributed by atoms with E-state index in [0.29, 0.717) is 23.8 Å². The van der Waals surface area contributed by atoms with Crippen molar-refractivity contribution in [1.29, 1.82) is 0 Å². The molecular formula is C41H40F6O2. The van der Waals surface area contributed by atoms with Gasteiger partial charge in [0.15, 0.2) is 11.5 Å². The lowest BCUT2D eigenvalue weighted by molar-refractivity contribution is -0.139. The number of fused-ring (bicyclic) bond motifs is 3. The van der Waals surface area contributed by atoms with Crippen LogP contribution >= 0.6 is 0 Å². The second kappa shape index (κ2) is 11.8. The molecule has 2 nitrogen and oxygen atoms in total. The second-order valence-electron chi connectivity index (χ2n) is 15.1. The van der Waals surface area contributed by atoms with Crippen molar-refractivity contribution in [1.82, 2.24) is 0 Å². The van der Waals surface area contributed by atoms with E-state index in [1.54, 1.807) is 0 Å². The van der Waals surface area contributed by atoms with Gasteiger partial charge in [0.05, 0.1) is 11.1 Å². The Bertz CT molecular complexity index is 1910. The molecule has 49 heavy (non-hydrogen) atoms. The molecule has 4 aromatic rings. The van der Waals surface area contributed by atoms with Crippen LogP contribution < -0.4 is 9.47 Å². The van der Waals surface area contributed by atoms with Gasteiger partial charge in [0, 0.05) is 17.5 Å². The Labute approximate surface area is 283 Å². The standard InChI is InChI=1S/C41H40F6O2/c1-24-17-19-38(3,22-24)34-33-27-12-6-5-11-26(27)21-28(33)36(48-31-15-9-7-13-29(31)40(42,43)44)37(35(34)39(4)20-18-25(2)23-39)49-32-16-10-8-14-30(32)41(45,46)47/h5-16,24-25H,17-23H2,1-4H3. The number of rotatable bonds is 6. The number of hydrogen-bond donors (Lipinski definition) is 0. The Morgan fingerprint density at radius 1 is 0.612 bits per heavy atom. The van der Waals surface area contributed by atoms with Gasteiger partial charge >= 0.3 is 12.4 Å². The molecule has 0 aliphatic heterocycles. The fraction of sp³-hybridized carbons (Fsp3) is 0.415. The van der Waals surface area contributed by atoms with E-state index in [4.69, 9.17) is 9.47 Å². The largest absolute Gasteiger partial charge is 0.452 e. The van der Waals surface area contributed by atoms with Gasteiger partial charge < -0.3 is 9.47 Å². The summed E-state index contributed by atoms with van der Waals surface area (Å²) < 4.78 is 99.8. The van der Waals surface area contributed by atoms with Gasteiger partial charge in [-0.25, -0.2) is 0 Å². The van der Waals surface area contributed by atoms with Gasteiger partial charge in [0.2, 0.25) is 0 Å². The van der Waals surface area contributed by atoms with Crippen LogP contribution in [-0.2, 0) is 29.6 Å². The monoisotopic (exact) mass is 678 g/mol. The number of benzene rings is 4. The number of ether oxygens (including phenoxy) is 2. The highest BCUT2D eigenvalue weighted by molar-refractivity contribution is 5.87. The van der Waals surface area contributed by atoms with Crippen molar-refractivity contribution in [2.45, 2.75) is 95.8 Å². The SMILES string of the molecule is CC1CCC(C)(c2c(Oc3ccccc3C(F)(F)F)c(Oc3ccccc3C(F)(F)F)c3c(c2C2(C)CCC(C)C2)-c2ccccc2C3)C1. The van der Waals surface area contributed by atoms with Crippen molar-refractivity contribution in [3.63, 3.8) is 0 Å². The van der Waals surface area contributed by atoms with Crippen LogP contribution in [-0.4, -0.2) is 0 Å². The molecular weight excluding hydrogens is 638 g/mol. The normalized spacial score (nSPS) is 24.9. The maximum Gasteiger partial charge on any atom is 0.419 e. The highest BCUT2D eigenvalue weighted by atomic mass is 19.4. The van der Waals surface area contributed by atoms with Crippen molar-refractivity contribution >= 4 is 0 Å². The minimum atomic E-state index is -4.73. The van der Waals surface area contributed by atoms with Gasteiger partial charge in [0.25, 0.3) is 0 Å². The van der Waals surface area contributed by atoms with Gasteiger partial charge in [-0.3, -0.25) is 0 Å². The zero-order chi connectivity index (χ0) is 34.9. The molecule has 4 aromatic carbocycles. The third-order valence-corrected chi connectivity index (χ3v) is 11.2. The molecule has 0 bridgehead atoms. The van der Waals surface area contributed by atoms with Gasteiger partial charge in [-0.15, -0.1) is 0 Å². The van der Waals surface area contributed by atoms with E-state index >= 15 is 0 Å². The lowest BCUT2D eigenvalue weighted by Gasteiger charge is -2.39. The average Bonchev–Trinajstić information content (AvgIpc) is 3.71. The molecule has 3 aliphatic carbocycles. The molecule has 7 rings (SSSR count). The zero-order valence-corrected chi connectivity index (χ0v) is 28.1. The van der Waals surface area contributed by atoms with Crippen LogP contribution in [0.1, 0.15) is 99.6 Å². The van der Waals surface area contributed by atoms with Crippen molar-refractivity contribution in [3.8, 4) is 34.1 Å². The Balaban J connectivity index is 1.62. The van der Waals surface area contributed by atoms with Crippen molar-refractivity contribution in [2.24, 2.45) is 11.8 Å². The molecule has 0 saturated heterocycles. The molecule has 0 heterocycles. The molecule has 0 aromatic heterocycles. The van der Waals surface area contributed by atoms with E-state index in [1.807, 2.05) is 24.3 Å². The van der Waals surface area contributed by atoms with E-state index in [1.165, 1.54) is 36.4 Å². The number of para-hydroxylation sites is 2. The predicted octanol–water partition coefficient (Wildman–Crippen LogP) is 13.0. The highest BCUT2D eigenvalue weighted by Gasteiger charge is 2.49. The molecule has 3 aliphatic rings. The third-order valence-electron chi connectivity index (χ3n) is 11.2. The van der Waals surface area contributed by atoms with Crippen LogP contribution in [0.3, 0.4) is 0 Å². The van der Waals surface area contributed by atoms with Crippen molar-refractivity contribution < 1.29 is 35.8 Å². The number of alkyl halides is 6. The Hall–Kier alpha value is -3.94. The Morgan fingerprint density at radius 3 is 1.59 bits per heavy atom. The molecule has 4 unspecified atom stereocenters. The lowest BCUT2D eigenvalue weighted by atomic mass is 9.66. The van der Waals surface area contributed by atoms with Gasteiger partial charge in [-0.1, -0.05) is 76.2 Å². The first-order chi connectivity index (χ1) is 23.1. The third kappa shape index (κ3) is 5.89. The highest BCUT2D eigenvalue weighted by Crippen LogP contribution is 2.63. The first-order valence-corrected chi connectivity index (χ1v) is 17.1. The van der Waals surface area contributed by atoms with Crippen LogP contribution in [0.15, 0.2) is 72.8 Å². The summed E-state index contributed by atoms with van der Waals surface area (Å²) >= 11 is 0. The lowest BCUT2D eigenvalue weighted by Crippen LogP contribution is -2.29. The zero-order valence-electron chi connectivity index (χ0n) is 28.1. The minimum absolute atomic E-state index is 0.0500. The first-order valence-electron chi connectivity index (χ1n) is 17.1. The first kappa shape index (κ1) is 33.6. The van der Waals surface area contributed by atoms with Crippen LogP contribution in [0.2, 0.25) is 0 Å². The Morgan fingerprint density at radius 2 is 1.08 bits per heavy atom. The minimum Gasteiger partial charge on any atom is -0.452 e. The van der Waals surface area contributed by atoms with E-state index < -0.39 is 40.4 Å². The van der Waals surface area contributed by atoms with Crippen molar-refractivity contribution in [3.05, 3.63) is 106 Å². The topological polar surface area (TPSA) is 18.5 Å². The molecule has 0 N–H and O–H groups in total. The summed E-state index contributed by atoms with van der Waals surface area (Å²) in [7, 11) is 0. The van der Waals surface area contributed by atoms with Gasteiger partial charge in [-0.05, 0) is 108 Å². The quantitative estimate of drug-likeness (QED) is 0.166. The smallest absolute Gasteiger partial charge is 0.419 e. The number of halogens is 6. The summed E-state index contributed by atoms with van der Waals surface area (Å²) in [6.45, 7) is 8.77. The van der Waals surface area contributed by atoms with E-state index in [0.717, 1.165) is 78.5 Å². The summed E-state index contributed by atoms with van der Waals surface area (Å²) in [6.07, 6.45) is -3.96. The summed E-state index contributed by atoms with van der Waals surface area (Å²) in [5, 5.41) is 0. The van der Waals surface area contributed by atoms with E-state index in [9.17, 15) is 26.3 Å². The maximum atomic E-state index is 14.5. The molecule has 2 saturated carbocycles. The summed E-state index contributed by atoms with van der Waals surface area (Å²) in [5.41, 5.74) is 2.54.